The Hall–Kier alpha value is -3.60. The first-order valence-electron chi connectivity index (χ1n) is 12.1. The minimum absolute atomic E-state index is 0.0871. The predicted molar refractivity (Wildman–Crippen MR) is 131 cm³/mol. The van der Waals surface area contributed by atoms with E-state index in [1.54, 1.807) is 32.9 Å². The number of halogens is 2. The number of hydrogen-bond acceptors (Lipinski definition) is 6. The van der Waals surface area contributed by atoms with Crippen molar-refractivity contribution in [1.82, 2.24) is 10.3 Å². The number of nitrogens with zero attached hydrogens (tertiary/aromatic N) is 2. The molecule has 1 aromatic carbocycles. The summed E-state index contributed by atoms with van der Waals surface area (Å²) in [5, 5.41) is 4.98. The molecule has 2 atom stereocenters. The van der Waals surface area contributed by atoms with E-state index < -0.39 is 52.9 Å². The second-order valence-electron chi connectivity index (χ2n) is 10.1. The number of ether oxygens (including phenoxy) is 2. The lowest BCUT2D eigenvalue weighted by Gasteiger charge is -2.34. The minimum Gasteiger partial charge on any atom is -0.444 e. The van der Waals surface area contributed by atoms with Gasteiger partial charge < -0.3 is 20.1 Å². The van der Waals surface area contributed by atoms with Crippen LogP contribution in [0.15, 0.2) is 36.5 Å². The second kappa shape index (κ2) is 10.8. The van der Waals surface area contributed by atoms with Crippen LogP contribution in [0.2, 0.25) is 0 Å². The van der Waals surface area contributed by atoms with E-state index in [0.29, 0.717) is 31.6 Å². The van der Waals surface area contributed by atoms with Gasteiger partial charge in [-0.1, -0.05) is 12.1 Å². The maximum Gasteiger partial charge on any atom is 0.408 e. The molecule has 1 fully saturated rings. The van der Waals surface area contributed by atoms with Crippen molar-refractivity contribution in [3.05, 3.63) is 53.7 Å². The molecule has 37 heavy (non-hydrogen) atoms. The van der Waals surface area contributed by atoms with Crippen LogP contribution in [0.5, 0.6) is 0 Å². The number of amides is 3. The number of para-hydroxylation sites is 1. The fourth-order valence-electron chi connectivity index (χ4n) is 4.56. The van der Waals surface area contributed by atoms with Crippen LogP contribution in [0, 0.1) is 17.6 Å². The van der Waals surface area contributed by atoms with Crippen LogP contribution in [0.1, 0.15) is 39.2 Å². The number of nitrogens with one attached hydrogen (secondary N) is 2. The number of aromatic nitrogens is 1. The van der Waals surface area contributed by atoms with Crippen molar-refractivity contribution in [3.63, 3.8) is 0 Å². The van der Waals surface area contributed by atoms with Crippen molar-refractivity contribution in [2.24, 2.45) is 5.92 Å². The highest BCUT2D eigenvalue weighted by atomic mass is 19.1. The fraction of sp³-hybridized carbons (Fsp3) is 0.462. The van der Waals surface area contributed by atoms with Gasteiger partial charge in [0.2, 0.25) is 5.91 Å². The molecule has 2 aliphatic heterocycles. The number of carbonyl (C=O) groups excluding carboxylic acids is 3. The number of carbonyl (C=O) groups is 3. The molecule has 0 bridgehead atoms. The molecule has 0 spiro atoms. The average Bonchev–Trinajstić information content (AvgIpc) is 3.24. The number of pyridine rings is 1. The number of hydrogen-bond donors (Lipinski definition) is 2. The van der Waals surface area contributed by atoms with E-state index in [4.69, 9.17) is 9.47 Å². The molecule has 9 nitrogen and oxygen atoms in total. The fourth-order valence-corrected chi connectivity index (χ4v) is 4.56. The molecule has 198 valence electrons. The third-order valence-electron chi connectivity index (χ3n) is 6.25. The molecule has 4 rings (SSSR count). The molecule has 0 radical (unpaired) electrons. The molecular formula is C26H30F2N4O5. The SMILES string of the molecule is CC(C)(C)OC(=O)N[C@@H](C(=O)N1c2ncccc2CC1C(=O)Nc1c(F)cccc1F)C1CCOCC1. The van der Waals surface area contributed by atoms with E-state index in [-0.39, 0.29) is 18.2 Å². The number of alkyl carbamates (subject to hydrolysis) is 1. The summed E-state index contributed by atoms with van der Waals surface area (Å²) >= 11 is 0. The van der Waals surface area contributed by atoms with Gasteiger partial charge in [-0.05, 0) is 63.3 Å². The lowest BCUT2D eigenvalue weighted by Crippen LogP contribution is -2.57. The smallest absolute Gasteiger partial charge is 0.408 e. The van der Waals surface area contributed by atoms with Gasteiger partial charge in [-0.2, -0.15) is 0 Å². The van der Waals surface area contributed by atoms with Gasteiger partial charge in [0.1, 0.15) is 40.8 Å². The zero-order valence-electron chi connectivity index (χ0n) is 20.9. The summed E-state index contributed by atoms with van der Waals surface area (Å²) in [5.41, 5.74) is -0.772. The Bertz CT molecular complexity index is 1160. The van der Waals surface area contributed by atoms with Gasteiger partial charge >= 0.3 is 6.09 Å². The van der Waals surface area contributed by atoms with Gasteiger partial charge in [-0.15, -0.1) is 0 Å². The molecule has 3 heterocycles. The Morgan fingerprint density at radius 1 is 1.11 bits per heavy atom. The van der Waals surface area contributed by atoms with Crippen LogP contribution in [0.25, 0.3) is 0 Å². The van der Waals surface area contributed by atoms with E-state index in [0.717, 1.165) is 12.1 Å². The lowest BCUT2D eigenvalue weighted by atomic mass is 9.90. The van der Waals surface area contributed by atoms with Gasteiger partial charge in [0, 0.05) is 25.8 Å². The highest BCUT2D eigenvalue weighted by molar-refractivity contribution is 6.08. The van der Waals surface area contributed by atoms with Crippen molar-refractivity contribution in [1.29, 1.82) is 0 Å². The van der Waals surface area contributed by atoms with Crippen LogP contribution in [-0.4, -0.2) is 53.8 Å². The first-order chi connectivity index (χ1) is 17.5. The summed E-state index contributed by atoms with van der Waals surface area (Å²) in [5.74, 6) is -3.25. The van der Waals surface area contributed by atoms with Crippen LogP contribution in [-0.2, 0) is 25.5 Å². The molecule has 0 saturated carbocycles. The number of rotatable bonds is 5. The highest BCUT2D eigenvalue weighted by Crippen LogP contribution is 2.33. The molecule has 2 N–H and O–H groups in total. The van der Waals surface area contributed by atoms with Gasteiger partial charge in [-0.3, -0.25) is 14.5 Å². The van der Waals surface area contributed by atoms with Gasteiger partial charge in [0.15, 0.2) is 0 Å². The molecule has 11 heteroatoms. The van der Waals surface area contributed by atoms with Crippen molar-refractivity contribution in [3.8, 4) is 0 Å². The number of anilines is 2. The number of fused-ring (bicyclic) bond motifs is 1. The maximum absolute atomic E-state index is 14.2. The number of benzene rings is 1. The van der Waals surface area contributed by atoms with Crippen molar-refractivity contribution >= 4 is 29.4 Å². The van der Waals surface area contributed by atoms with Gasteiger partial charge in [0.25, 0.3) is 5.91 Å². The van der Waals surface area contributed by atoms with E-state index in [9.17, 15) is 23.2 Å². The summed E-state index contributed by atoms with van der Waals surface area (Å²) < 4.78 is 39.3. The molecule has 3 amide bonds. The zero-order valence-corrected chi connectivity index (χ0v) is 20.9. The van der Waals surface area contributed by atoms with Gasteiger partial charge in [0.05, 0.1) is 0 Å². The van der Waals surface area contributed by atoms with Crippen LogP contribution in [0.4, 0.5) is 25.1 Å². The second-order valence-corrected chi connectivity index (χ2v) is 10.1. The molecular weight excluding hydrogens is 486 g/mol. The Morgan fingerprint density at radius 2 is 1.78 bits per heavy atom. The van der Waals surface area contributed by atoms with Crippen LogP contribution < -0.4 is 15.5 Å². The van der Waals surface area contributed by atoms with E-state index >= 15 is 0 Å². The standard InChI is InChI=1S/C26H30F2N4O5/c1-26(2,3)37-25(35)31-20(15-9-12-36-13-10-15)24(34)32-19(14-16-6-5-11-29-22(16)32)23(33)30-21-17(27)7-4-8-18(21)28/h4-8,11,15,19-20H,9-10,12-14H2,1-3H3,(H,30,33)(H,31,35)/t19?,20-/m1/s1. The average molecular weight is 517 g/mol. The third kappa shape index (κ3) is 6.04. The lowest BCUT2D eigenvalue weighted by molar-refractivity contribution is -0.126. The molecule has 2 aromatic rings. The Morgan fingerprint density at radius 3 is 2.43 bits per heavy atom. The summed E-state index contributed by atoms with van der Waals surface area (Å²) in [6.07, 6.45) is 1.82. The van der Waals surface area contributed by atoms with Crippen molar-refractivity contribution in [2.45, 2.75) is 57.7 Å². The summed E-state index contributed by atoms with van der Waals surface area (Å²) in [6, 6.07) is 4.47. The monoisotopic (exact) mass is 516 g/mol. The van der Waals surface area contributed by atoms with Crippen molar-refractivity contribution < 1.29 is 32.6 Å². The largest absolute Gasteiger partial charge is 0.444 e. The molecule has 0 aliphatic carbocycles. The first kappa shape index (κ1) is 26.5. The van der Waals surface area contributed by atoms with Crippen LogP contribution in [0.3, 0.4) is 0 Å². The Kier molecular flexibility index (Phi) is 7.72. The summed E-state index contributed by atoms with van der Waals surface area (Å²) in [4.78, 5) is 45.6. The quantitative estimate of drug-likeness (QED) is 0.629. The zero-order chi connectivity index (χ0) is 26.7. The summed E-state index contributed by atoms with van der Waals surface area (Å²) in [6.45, 7) is 5.95. The topological polar surface area (TPSA) is 110 Å². The summed E-state index contributed by atoms with van der Waals surface area (Å²) in [7, 11) is 0. The van der Waals surface area contributed by atoms with Crippen LogP contribution >= 0.6 is 0 Å². The highest BCUT2D eigenvalue weighted by Gasteiger charge is 2.45. The Balaban J connectivity index is 1.66. The molecule has 1 saturated heterocycles. The first-order valence-corrected chi connectivity index (χ1v) is 12.1. The Labute approximate surface area is 213 Å². The van der Waals surface area contributed by atoms with E-state index in [1.165, 1.54) is 17.2 Å². The minimum atomic E-state index is -1.14. The van der Waals surface area contributed by atoms with E-state index in [1.807, 2.05) is 0 Å². The van der Waals surface area contributed by atoms with Gasteiger partial charge in [-0.25, -0.2) is 18.6 Å². The van der Waals surface area contributed by atoms with Crippen molar-refractivity contribution in [2.75, 3.05) is 23.4 Å². The molecule has 2 aliphatic rings. The third-order valence-corrected chi connectivity index (χ3v) is 6.25. The molecule has 1 aromatic heterocycles. The normalized spacial score (nSPS) is 18.6. The van der Waals surface area contributed by atoms with E-state index in [2.05, 4.69) is 15.6 Å². The maximum atomic E-state index is 14.2. The predicted octanol–water partition coefficient (Wildman–Crippen LogP) is 3.58. The molecule has 1 unspecified atom stereocenters.